The monoisotopic (exact) mass is 528 g/mol. The Hall–Kier alpha value is -3.09. The Labute approximate surface area is 203 Å². The molecule has 3 rings (SSSR count). The van der Waals surface area contributed by atoms with Gasteiger partial charge in [-0.05, 0) is 42.8 Å². The average molecular weight is 529 g/mol. The van der Waals surface area contributed by atoms with E-state index in [1.54, 1.807) is 31.2 Å². The molecule has 12 heteroatoms. The number of ether oxygens (including phenoxy) is 1. The lowest BCUT2D eigenvalue weighted by Gasteiger charge is -2.16. The highest BCUT2D eigenvalue weighted by atomic mass is 32.2. The summed E-state index contributed by atoms with van der Waals surface area (Å²) in [5, 5.41) is 13.0. The van der Waals surface area contributed by atoms with Crippen LogP contribution in [0, 0.1) is 5.82 Å². The molecule has 0 heterocycles. The molecular formula is C23H20F4N2O4S2. The third-order valence-electron chi connectivity index (χ3n) is 4.80. The summed E-state index contributed by atoms with van der Waals surface area (Å²) < 4.78 is 84.1. The first-order valence-electron chi connectivity index (χ1n) is 9.98. The van der Waals surface area contributed by atoms with Crippen molar-refractivity contribution in [2.45, 2.75) is 29.1 Å². The first-order chi connectivity index (χ1) is 16.5. The number of hydrogen-bond donors (Lipinski definition) is 2. The van der Waals surface area contributed by atoms with Crippen molar-refractivity contribution >= 4 is 27.5 Å². The highest BCUT2D eigenvalue weighted by molar-refractivity contribution is 7.85. The molecule has 0 bridgehead atoms. The van der Waals surface area contributed by atoms with Gasteiger partial charge in [-0.1, -0.05) is 41.6 Å². The van der Waals surface area contributed by atoms with E-state index >= 15 is 0 Å². The minimum atomic E-state index is -5.01. The van der Waals surface area contributed by atoms with Gasteiger partial charge in [-0.3, -0.25) is 0 Å². The molecular weight excluding hydrogens is 508 g/mol. The van der Waals surface area contributed by atoms with Gasteiger partial charge in [0.05, 0.1) is 31.6 Å². The number of alkyl halides is 3. The van der Waals surface area contributed by atoms with Gasteiger partial charge in [0.1, 0.15) is 17.3 Å². The van der Waals surface area contributed by atoms with Crippen molar-refractivity contribution in [1.29, 1.82) is 0 Å². The Kier molecular flexibility index (Phi) is 8.41. The minimum absolute atomic E-state index is 0.0113. The van der Waals surface area contributed by atoms with E-state index in [2.05, 4.69) is 14.6 Å². The summed E-state index contributed by atoms with van der Waals surface area (Å²) in [5.74, 6) is -1.48. The summed E-state index contributed by atoms with van der Waals surface area (Å²) in [6, 6.07) is 14.4. The molecule has 3 atom stereocenters. The van der Waals surface area contributed by atoms with Crippen LogP contribution in [-0.2, 0) is 21.8 Å². The van der Waals surface area contributed by atoms with Gasteiger partial charge in [0, 0.05) is 23.4 Å². The normalized spacial score (nSPS) is 14.9. The van der Waals surface area contributed by atoms with Crippen molar-refractivity contribution in [3.63, 3.8) is 0 Å². The molecule has 0 radical (unpaired) electrons. The predicted molar refractivity (Wildman–Crippen MR) is 124 cm³/mol. The van der Waals surface area contributed by atoms with Crippen LogP contribution in [0.1, 0.15) is 29.7 Å². The summed E-state index contributed by atoms with van der Waals surface area (Å²) in [6.45, 7) is 1.80. The maximum Gasteiger partial charge on any atom is 0.573 e. The first kappa shape index (κ1) is 26.5. The van der Waals surface area contributed by atoms with Gasteiger partial charge in [-0.15, -0.1) is 13.2 Å². The van der Waals surface area contributed by atoms with Gasteiger partial charge >= 0.3 is 6.36 Å². The lowest BCUT2D eigenvalue weighted by Crippen LogP contribution is -2.20. The largest absolute Gasteiger partial charge is 0.573 e. The maximum absolute atomic E-state index is 14.3. The Morgan fingerprint density at radius 2 is 1.69 bits per heavy atom. The van der Waals surface area contributed by atoms with E-state index in [0.717, 1.165) is 29.8 Å². The number of nitrogens with zero attached hydrogens (tertiary/aromatic N) is 1. The van der Waals surface area contributed by atoms with Gasteiger partial charge in [0.15, 0.2) is 0 Å². The molecule has 0 aliphatic rings. The Bertz CT molecular complexity index is 1280. The van der Waals surface area contributed by atoms with E-state index in [1.807, 2.05) is 0 Å². The maximum atomic E-state index is 14.3. The van der Waals surface area contributed by atoms with Gasteiger partial charge in [0.25, 0.3) is 0 Å². The number of halogens is 4. The van der Waals surface area contributed by atoms with Gasteiger partial charge in [-0.2, -0.15) is 0 Å². The van der Waals surface area contributed by atoms with Crippen molar-refractivity contribution in [3.05, 3.63) is 89.2 Å². The van der Waals surface area contributed by atoms with E-state index in [0.29, 0.717) is 5.56 Å². The molecule has 2 unspecified atom stereocenters. The van der Waals surface area contributed by atoms with Crippen molar-refractivity contribution in [2.75, 3.05) is 6.26 Å². The van der Waals surface area contributed by atoms with Crippen LogP contribution >= 0.6 is 0 Å². The third-order valence-corrected chi connectivity index (χ3v) is 6.96. The van der Waals surface area contributed by atoms with Crippen molar-refractivity contribution in [1.82, 2.24) is 4.72 Å². The number of rotatable bonds is 8. The van der Waals surface area contributed by atoms with E-state index in [1.165, 1.54) is 24.5 Å². The molecule has 2 N–H and O–H groups in total. The molecule has 186 valence electrons. The highest BCUT2D eigenvalue weighted by Gasteiger charge is 2.32. The van der Waals surface area contributed by atoms with Crippen molar-refractivity contribution in [2.24, 2.45) is 5.16 Å². The van der Waals surface area contributed by atoms with Crippen LogP contribution < -0.4 is 9.46 Å². The van der Waals surface area contributed by atoms with Gasteiger partial charge in [-0.25, -0.2) is 17.5 Å². The number of oxime groups is 1. The molecule has 0 aliphatic heterocycles. The molecule has 0 spiro atoms. The molecule has 0 aliphatic carbocycles. The molecule has 0 fully saturated rings. The quantitative estimate of drug-likeness (QED) is 0.185. The molecule has 0 aromatic heterocycles. The predicted octanol–water partition coefficient (Wildman–Crippen LogP) is 5.06. The zero-order valence-corrected chi connectivity index (χ0v) is 20.0. The molecule has 3 aromatic rings. The van der Waals surface area contributed by atoms with E-state index < -0.39 is 39.7 Å². The van der Waals surface area contributed by atoms with E-state index in [4.69, 9.17) is 0 Å². The van der Waals surface area contributed by atoms with E-state index in [-0.39, 0.29) is 27.1 Å². The number of nitrogens with one attached hydrogen (secondary N) is 1. The average Bonchev–Trinajstić information content (AvgIpc) is 2.79. The lowest BCUT2D eigenvalue weighted by atomic mass is 9.99. The topological polar surface area (TPSA) is 88.0 Å². The highest BCUT2D eigenvalue weighted by Crippen LogP contribution is 2.31. The molecule has 3 aromatic carbocycles. The second kappa shape index (κ2) is 11.1. The Balaban J connectivity index is 2.08. The lowest BCUT2D eigenvalue weighted by molar-refractivity contribution is -0.274. The van der Waals surface area contributed by atoms with Crippen LogP contribution in [0.25, 0.3) is 0 Å². The van der Waals surface area contributed by atoms with Crippen LogP contribution in [-0.4, -0.2) is 32.0 Å². The summed E-state index contributed by atoms with van der Waals surface area (Å²) >= 11 is 0. The van der Waals surface area contributed by atoms with Crippen molar-refractivity contribution in [3.8, 4) is 5.75 Å². The standard InChI is InChI=1S/C23H20F4N2O4S2/c1-14(29-34(2)31)15-7-9-16(10-8-15)22(28-30)18-12-11-17(33-23(25,26)27)13-21(18)35(32)20-6-4-3-5-19(20)24/h3-14,29-30H,1-2H3/b28-22+/t14-,34?,35?/m0/s1. The summed E-state index contributed by atoms with van der Waals surface area (Å²) in [5.41, 5.74) is 1.02. The van der Waals surface area contributed by atoms with Crippen LogP contribution in [0.4, 0.5) is 17.6 Å². The fourth-order valence-corrected chi connectivity index (χ4v) is 5.18. The number of hydrogen-bond acceptors (Lipinski definition) is 5. The molecule has 35 heavy (non-hydrogen) atoms. The van der Waals surface area contributed by atoms with Gasteiger partial charge in [0.2, 0.25) is 0 Å². The fourth-order valence-electron chi connectivity index (χ4n) is 3.28. The zero-order chi connectivity index (χ0) is 25.8. The third kappa shape index (κ3) is 6.74. The van der Waals surface area contributed by atoms with Crippen LogP contribution in [0.5, 0.6) is 5.75 Å². The summed E-state index contributed by atoms with van der Waals surface area (Å²) in [4.78, 5) is -0.511. The fraction of sp³-hybridized carbons (Fsp3) is 0.174. The molecule has 0 amide bonds. The molecule has 0 saturated carbocycles. The second-order valence-corrected chi connectivity index (χ2v) is 9.83. The van der Waals surface area contributed by atoms with Crippen LogP contribution in [0.2, 0.25) is 0 Å². The minimum Gasteiger partial charge on any atom is -0.410 e. The van der Waals surface area contributed by atoms with Crippen molar-refractivity contribution < 1.29 is 35.9 Å². The van der Waals surface area contributed by atoms with E-state index in [9.17, 15) is 31.2 Å². The van der Waals surface area contributed by atoms with Gasteiger partial charge < -0.3 is 9.94 Å². The molecule has 0 saturated heterocycles. The Morgan fingerprint density at radius 3 is 2.26 bits per heavy atom. The molecule has 6 nitrogen and oxygen atoms in total. The second-order valence-electron chi connectivity index (χ2n) is 7.27. The summed E-state index contributed by atoms with van der Waals surface area (Å²) in [7, 11) is -3.53. The Morgan fingerprint density at radius 1 is 1.03 bits per heavy atom. The first-order valence-corrected chi connectivity index (χ1v) is 12.7. The summed E-state index contributed by atoms with van der Waals surface area (Å²) in [6.07, 6.45) is -3.51. The SMILES string of the molecule is C[C@H](NS(C)=O)c1ccc(/C(=N\O)c2ccc(OC(F)(F)F)cc2S(=O)c2ccccc2F)cc1. The smallest absolute Gasteiger partial charge is 0.410 e. The van der Waals surface area contributed by atoms with Crippen LogP contribution in [0.15, 0.2) is 81.7 Å². The zero-order valence-electron chi connectivity index (χ0n) is 18.4. The van der Waals surface area contributed by atoms with Crippen LogP contribution in [0.3, 0.4) is 0 Å². The number of benzene rings is 3.